The molecule has 0 aromatic carbocycles. The average Bonchev–Trinajstić information content (AvgIpc) is 2.15. The molecule has 0 radical (unpaired) electrons. The van der Waals surface area contributed by atoms with Crippen molar-refractivity contribution in [3.8, 4) is 0 Å². The SMILES string of the molecule is CCCCCCc1ncccc1Br. The van der Waals surface area contributed by atoms with Gasteiger partial charge in [0.1, 0.15) is 0 Å². The van der Waals surface area contributed by atoms with Crippen molar-refractivity contribution in [3.05, 3.63) is 28.5 Å². The first-order valence-corrected chi connectivity index (χ1v) is 5.73. The summed E-state index contributed by atoms with van der Waals surface area (Å²) in [5, 5.41) is 0. The lowest BCUT2D eigenvalue weighted by Crippen LogP contribution is -1.91. The Labute approximate surface area is 88.7 Å². The summed E-state index contributed by atoms with van der Waals surface area (Å²) in [5.41, 5.74) is 1.19. The van der Waals surface area contributed by atoms with E-state index in [4.69, 9.17) is 0 Å². The van der Waals surface area contributed by atoms with E-state index in [1.807, 2.05) is 12.3 Å². The zero-order chi connectivity index (χ0) is 9.52. The van der Waals surface area contributed by atoms with E-state index in [-0.39, 0.29) is 0 Å². The maximum Gasteiger partial charge on any atom is 0.0545 e. The van der Waals surface area contributed by atoms with Crippen LogP contribution >= 0.6 is 15.9 Å². The lowest BCUT2D eigenvalue weighted by atomic mass is 10.1. The molecule has 1 heterocycles. The molecule has 1 nitrogen and oxygen atoms in total. The maximum absolute atomic E-state index is 4.33. The summed E-state index contributed by atoms with van der Waals surface area (Å²) in [6, 6.07) is 4.02. The Bertz CT molecular complexity index is 248. The number of hydrogen-bond donors (Lipinski definition) is 0. The van der Waals surface area contributed by atoms with Crippen molar-refractivity contribution in [1.82, 2.24) is 4.98 Å². The fourth-order valence-electron chi connectivity index (χ4n) is 1.32. The van der Waals surface area contributed by atoms with Crippen molar-refractivity contribution < 1.29 is 0 Å². The lowest BCUT2D eigenvalue weighted by molar-refractivity contribution is 0.659. The summed E-state index contributed by atoms with van der Waals surface area (Å²) in [4.78, 5) is 4.33. The standard InChI is InChI=1S/C11H16BrN/c1-2-3-4-5-8-11-10(12)7-6-9-13-11/h6-7,9H,2-5,8H2,1H3. The van der Waals surface area contributed by atoms with Gasteiger partial charge >= 0.3 is 0 Å². The van der Waals surface area contributed by atoms with Crippen molar-refractivity contribution in [2.75, 3.05) is 0 Å². The predicted molar refractivity (Wildman–Crippen MR) is 59.8 cm³/mol. The van der Waals surface area contributed by atoms with Crippen LogP contribution in [-0.2, 0) is 6.42 Å². The molecule has 0 aliphatic rings. The highest BCUT2D eigenvalue weighted by Gasteiger charge is 1.98. The molecule has 72 valence electrons. The summed E-state index contributed by atoms with van der Waals surface area (Å²) in [6.07, 6.45) is 8.16. The van der Waals surface area contributed by atoms with E-state index in [1.54, 1.807) is 0 Å². The Balaban J connectivity index is 2.32. The molecular formula is C11H16BrN. The van der Waals surface area contributed by atoms with E-state index in [0.29, 0.717) is 0 Å². The van der Waals surface area contributed by atoms with Gasteiger partial charge in [0, 0.05) is 10.7 Å². The minimum Gasteiger partial charge on any atom is -0.260 e. The monoisotopic (exact) mass is 241 g/mol. The summed E-state index contributed by atoms with van der Waals surface area (Å²) >= 11 is 3.50. The Morgan fingerprint density at radius 2 is 2.15 bits per heavy atom. The van der Waals surface area contributed by atoms with Gasteiger partial charge in [-0.25, -0.2) is 0 Å². The molecule has 0 saturated carbocycles. The van der Waals surface area contributed by atoms with E-state index in [0.717, 1.165) is 10.9 Å². The third kappa shape index (κ3) is 3.90. The Morgan fingerprint density at radius 3 is 2.85 bits per heavy atom. The zero-order valence-electron chi connectivity index (χ0n) is 8.09. The fraction of sp³-hybridized carbons (Fsp3) is 0.545. The smallest absolute Gasteiger partial charge is 0.0545 e. The van der Waals surface area contributed by atoms with Crippen molar-refractivity contribution in [3.63, 3.8) is 0 Å². The van der Waals surface area contributed by atoms with Crippen LogP contribution in [0.5, 0.6) is 0 Å². The minimum absolute atomic E-state index is 1.10. The van der Waals surface area contributed by atoms with E-state index in [1.165, 1.54) is 31.4 Å². The minimum atomic E-state index is 1.10. The second kappa shape index (κ2) is 6.14. The van der Waals surface area contributed by atoms with Gasteiger partial charge in [-0.2, -0.15) is 0 Å². The number of aryl methyl sites for hydroxylation is 1. The van der Waals surface area contributed by atoms with Gasteiger partial charge < -0.3 is 0 Å². The highest BCUT2D eigenvalue weighted by atomic mass is 79.9. The fourth-order valence-corrected chi connectivity index (χ4v) is 1.77. The molecule has 1 aromatic heterocycles. The largest absolute Gasteiger partial charge is 0.260 e. The first kappa shape index (κ1) is 10.7. The highest BCUT2D eigenvalue weighted by Crippen LogP contribution is 2.15. The summed E-state index contributed by atoms with van der Waals surface area (Å²) in [5.74, 6) is 0. The lowest BCUT2D eigenvalue weighted by Gasteiger charge is -2.01. The molecule has 0 aliphatic carbocycles. The summed E-state index contributed by atoms with van der Waals surface area (Å²) in [6.45, 7) is 2.23. The highest BCUT2D eigenvalue weighted by molar-refractivity contribution is 9.10. The molecule has 0 atom stereocenters. The van der Waals surface area contributed by atoms with Crippen molar-refractivity contribution in [2.45, 2.75) is 39.0 Å². The number of unbranched alkanes of at least 4 members (excludes halogenated alkanes) is 3. The van der Waals surface area contributed by atoms with Crippen LogP contribution < -0.4 is 0 Å². The molecule has 1 aromatic rings. The van der Waals surface area contributed by atoms with Crippen molar-refractivity contribution in [1.29, 1.82) is 0 Å². The third-order valence-corrected chi connectivity index (χ3v) is 2.82. The summed E-state index contributed by atoms with van der Waals surface area (Å²) in [7, 11) is 0. The van der Waals surface area contributed by atoms with E-state index < -0.39 is 0 Å². The van der Waals surface area contributed by atoms with Crippen molar-refractivity contribution >= 4 is 15.9 Å². The predicted octanol–water partition coefficient (Wildman–Crippen LogP) is 3.97. The molecule has 2 heteroatoms. The first-order chi connectivity index (χ1) is 6.34. The number of halogens is 1. The van der Waals surface area contributed by atoms with Gasteiger partial charge in [-0.05, 0) is 40.9 Å². The number of hydrogen-bond acceptors (Lipinski definition) is 1. The Hall–Kier alpha value is -0.370. The van der Waals surface area contributed by atoms with E-state index in [9.17, 15) is 0 Å². The quantitative estimate of drug-likeness (QED) is 0.712. The molecule has 0 spiro atoms. The second-order valence-electron chi connectivity index (χ2n) is 3.24. The number of aromatic nitrogens is 1. The van der Waals surface area contributed by atoms with Crippen LogP contribution in [0.2, 0.25) is 0 Å². The van der Waals surface area contributed by atoms with Crippen LogP contribution in [0.1, 0.15) is 38.3 Å². The van der Waals surface area contributed by atoms with Crippen LogP contribution in [-0.4, -0.2) is 4.98 Å². The third-order valence-electron chi connectivity index (χ3n) is 2.10. The van der Waals surface area contributed by atoms with Gasteiger partial charge in [0.2, 0.25) is 0 Å². The summed E-state index contributed by atoms with van der Waals surface area (Å²) < 4.78 is 1.14. The molecule has 1 rings (SSSR count). The molecule has 0 aliphatic heterocycles. The molecule has 0 unspecified atom stereocenters. The molecule has 0 N–H and O–H groups in total. The molecule has 0 amide bonds. The molecule has 0 fully saturated rings. The van der Waals surface area contributed by atoms with E-state index in [2.05, 4.69) is 33.9 Å². The van der Waals surface area contributed by atoms with Crippen LogP contribution in [0.3, 0.4) is 0 Å². The molecule has 0 bridgehead atoms. The van der Waals surface area contributed by atoms with Gasteiger partial charge in [0.05, 0.1) is 5.69 Å². The zero-order valence-corrected chi connectivity index (χ0v) is 9.68. The van der Waals surface area contributed by atoms with E-state index >= 15 is 0 Å². The molecule has 0 saturated heterocycles. The van der Waals surface area contributed by atoms with Crippen LogP contribution in [0, 0.1) is 0 Å². The second-order valence-corrected chi connectivity index (χ2v) is 4.10. The van der Waals surface area contributed by atoms with Crippen LogP contribution in [0.4, 0.5) is 0 Å². The maximum atomic E-state index is 4.33. The van der Waals surface area contributed by atoms with Crippen LogP contribution in [0.25, 0.3) is 0 Å². The van der Waals surface area contributed by atoms with Gasteiger partial charge in [-0.3, -0.25) is 4.98 Å². The topological polar surface area (TPSA) is 12.9 Å². The van der Waals surface area contributed by atoms with Gasteiger partial charge in [0.15, 0.2) is 0 Å². The number of nitrogens with zero attached hydrogens (tertiary/aromatic N) is 1. The Morgan fingerprint density at radius 1 is 1.31 bits per heavy atom. The Kier molecular flexibility index (Phi) is 5.06. The van der Waals surface area contributed by atoms with Gasteiger partial charge in [-0.15, -0.1) is 0 Å². The molecule has 13 heavy (non-hydrogen) atoms. The average molecular weight is 242 g/mol. The first-order valence-electron chi connectivity index (χ1n) is 4.94. The normalized spacial score (nSPS) is 10.3. The van der Waals surface area contributed by atoms with Crippen molar-refractivity contribution in [2.24, 2.45) is 0 Å². The molecular weight excluding hydrogens is 226 g/mol. The van der Waals surface area contributed by atoms with Gasteiger partial charge in [-0.1, -0.05) is 26.2 Å². The van der Waals surface area contributed by atoms with Gasteiger partial charge in [0.25, 0.3) is 0 Å². The van der Waals surface area contributed by atoms with Crippen LogP contribution in [0.15, 0.2) is 22.8 Å². The number of pyridine rings is 1. The number of rotatable bonds is 5.